The van der Waals surface area contributed by atoms with E-state index in [1.165, 1.54) is 18.8 Å². The van der Waals surface area contributed by atoms with Gasteiger partial charge in [0.05, 0.1) is 30.7 Å². The van der Waals surface area contributed by atoms with E-state index in [4.69, 9.17) is 26.2 Å². The molecule has 1 heterocycles. The van der Waals surface area contributed by atoms with E-state index in [1.54, 1.807) is 6.20 Å². The van der Waals surface area contributed by atoms with Gasteiger partial charge in [0.25, 0.3) is 0 Å². The number of amides is 1. The quantitative estimate of drug-likeness (QED) is 0.0644. The van der Waals surface area contributed by atoms with E-state index in [-0.39, 0.29) is 25.7 Å². The molecule has 2 fully saturated rings. The number of benzene rings is 2. The summed E-state index contributed by atoms with van der Waals surface area (Å²) in [6.45, 7) is -1.35. The molecule has 0 aliphatic heterocycles. The Morgan fingerprint density at radius 3 is 2.51 bits per heavy atom. The number of aromatic nitrogens is 1. The molecule has 3 aromatic rings. The van der Waals surface area contributed by atoms with Crippen molar-refractivity contribution in [1.82, 2.24) is 14.6 Å². The molecule has 16 heteroatoms. The lowest BCUT2D eigenvalue weighted by Crippen LogP contribution is -2.51. The summed E-state index contributed by atoms with van der Waals surface area (Å²) >= 11 is 8.13. The molecule has 6 N–H and O–H groups in total. The van der Waals surface area contributed by atoms with E-state index >= 15 is 0 Å². The van der Waals surface area contributed by atoms with Crippen molar-refractivity contribution >= 4 is 39.3 Å². The molecule has 53 heavy (non-hydrogen) atoms. The molecule has 4 atom stereocenters. The topological polar surface area (TPSA) is 199 Å². The van der Waals surface area contributed by atoms with Gasteiger partial charge in [0.2, 0.25) is 15.9 Å². The summed E-state index contributed by atoms with van der Waals surface area (Å²) < 4.78 is 39.1. The van der Waals surface area contributed by atoms with Crippen LogP contribution in [-0.2, 0) is 31.8 Å². The molecule has 290 valence electrons. The van der Waals surface area contributed by atoms with Gasteiger partial charge in [-0.15, -0.1) is 11.8 Å². The van der Waals surface area contributed by atoms with Crippen molar-refractivity contribution in [2.45, 2.75) is 86.1 Å². The fourth-order valence-corrected chi connectivity index (χ4v) is 7.59. The van der Waals surface area contributed by atoms with Crippen molar-refractivity contribution in [3.8, 4) is 16.9 Å². The van der Waals surface area contributed by atoms with Crippen molar-refractivity contribution in [2.24, 2.45) is 0 Å². The van der Waals surface area contributed by atoms with Crippen LogP contribution in [-0.4, -0.2) is 119 Å². The molecule has 2 saturated carbocycles. The van der Waals surface area contributed by atoms with Crippen LogP contribution in [0.2, 0.25) is 5.02 Å². The minimum atomic E-state index is -3.70. The van der Waals surface area contributed by atoms with Crippen LogP contribution in [0, 0.1) is 0 Å². The molecule has 2 aliphatic carbocycles. The minimum Gasteiger partial charge on any atom is -0.490 e. The van der Waals surface area contributed by atoms with Crippen molar-refractivity contribution in [1.29, 1.82) is 0 Å². The van der Waals surface area contributed by atoms with Crippen LogP contribution in [0.1, 0.15) is 49.7 Å². The number of hydrogen-bond acceptors (Lipinski definition) is 12. The van der Waals surface area contributed by atoms with E-state index in [0.29, 0.717) is 17.2 Å². The number of nitrogens with zero attached hydrogens (tertiary/aromatic N) is 2. The van der Waals surface area contributed by atoms with Gasteiger partial charge in [0, 0.05) is 52.9 Å². The molecule has 1 amide bonds. The average Bonchev–Trinajstić information content (AvgIpc) is 4.12. The van der Waals surface area contributed by atoms with Gasteiger partial charge in [0.15, 0.2) is 0 Å². The molecule has 0 bridgehead atoms. The molecular formula is C37H48ClN3O10S2. The molecule has 0 spiro atoms. The highest BCUT2D eigenvalue weighted by atomic mass is 35.5. The molecule has 2 aromatic carbocycles. The number of carbonyl (C=O) groups excluding carboxylic acids is 1. The zero-order chi connectivity index (χ0) is 38.2. The van der Waals surface area contributed by atoms with Crippen LogP contribution in [0.25, 0.3) is 11.1 Å². The molecule has 0 saturated heterocycles. The van der Waals surface area contributed by atoms with Crippen LogP contribution in [0.3, 0.4) is 0 Å². The van der Waals surface area contributed by atoms with E-state index in [0.717, 1.165) is 63.5 Å². The first-order chi connectivity index (χ1) is 25.4. The van der Waals surface area contributed by atoms with Crippen LogP contribution in [0.4, 0.5) is 0 Å². The van der Waals surface area contributed by atoms with Gasteiger partial charge in [-0.3, -0.25) is 9.78 Å². The van der Waals surface area contributed by atoms with Crippen LogP contribution < -0.4 is 9.46 Å². The largest absolute Gasteiger partial charge is 0.490 e. The summed E-state index contributed by atoms with van der Waals surface area (Å²) in [5, 5.41) is 50.0. The molecule has 2 aliphatic rings. The van der Waals surface area contributed by atoms with Crippen molar-refractivity contribution in [3.63, 3.8) is 0 Å². The number of halogens is 1. The molecule has 5 rings (SSSR count). The first-order valence-corrected chi connectivity index (χ1v) is 20.7. The standard InChI is InChI=1S/C37H48ClN3O10S2/c1-39-53(48,49)18-16-41(21-31(43)35(46)36(47)32(44)22-42)34(45)7-4-17-52-26-10-11-30(38)24(19-26)23-50-37(13-14-37)29-20-40-15-12-27(29)28-5-2-3-6-33(28)51-25-8-9-25/h2-3,5-6,10-12,15,19-20,25,31-32,35-36,39,42-44,46-47H,4,7-9,13-14,16-18,21-23H2,1H3. The Kier molecular flexibility index (Phi) is 14.6. The fourth-order valence-electron chi connectivity index (χ4n) is 5.84. The fraction of sp³-hybridized carbons (Fsp3) is 0.514. The minimum absolute atomic E-state index is 0.0194. The first kappa shape index (κ1) is 41.3. The lowest BCUT2D eigenvalue weighted by Gasteiger charge is -2.30. The van der Waals surface area contributed by atoms with E-state index in [9.17, 15) is 33.6 Å². The third kappa shape index (κ3) is 11.4. The highest BCUT2D eigenvalue weighted by Crippen LogP contribution is 2.53. The number of sulfonamides is 1. The highest BCUT2D eigenvalue weighted by Gasteiger charge is 2.48. The number of ether oxygens (including phenoxy) is 2. The SMILES string of the molecule is CNS(=O)(=O)CCN(CC(O)C(O)C(O)C(O)CO)C(=O)CCCSc1ccc(Cl)c(COC2(c3cnccc3-c3ccccc3OC3CC3)CC2)c1. The number of rotatable bonds is 22. The van der Waals surface area contributed by atoms with E-state index in [1.807, 2.05) is 48.7 Å². The summed E-state index contributed by atoms with van der Waals surface area (Å²) in [4.78, 5) is 19.6. The Balaban J connectivity index is 1.17. The number of para-hydroxylation sites is 1. The number of thioether (sulfide) groups is 1. The number of nitrogens with one attached hydrogen (secondary N) is 1. The maximum Gasteiger partial charge on any atom is 0.222 e. The summed E-state index contributed by atoms with van der Waals surface area (Å²) in [6, 6.07) is 15.7. The second-order valence-electron chi connectivity index (χ2n) is 13.4. The number of pyridine rings is 1. The Hall–Kier alpha value is -2.83. The van der Waals surface area contributed by atoms with Gasteiger partial charge in [0.1, 0.15) is 30.2 Å². The monoisotopic (exact) mass is 793 g/mol. The summed E-state index contributed by atoms with van der Waals surface area (Å²) in [5.74, 6) is 0.481. The normalized spacial score (nSPS) is 17.5. The molecular weight excluding hydrogens is 746 g/mol. The zero-order valence-corrected chi connectivity index (χ0v) is 31.9. The molecule has 1 aromatic heterocycles. The molecule has 4 unspecified atom stereocenters. The Labute approximate surface area is 319 Å². The second kappa shape index (κ2) is 18.7. The van der Waals surface area contributed by atoms with Gasteiger partial charge in [-0.2, -0.15) is 0 Å². The first-order valence-electron chi connectivity index (χ1n) is 17.6. The van der Waals surface area contributed by atoms with Gasteiger partial charge in [-0.25, -0.2) is 13.1 Å². The number of aliphatic hydroxyl groups excluding tert-OH is 5. The van der Waals surface area contributed by atoms with Gasteiger partial charge in [-0.05, 0) is 86.4 Å². The van der Waals surface area contributed by atoms with Crippen LogP contribution >= 0.6 is 23.4 Å². The van der Waals surface area contributed by atoms with Gasteiger partial charge in [-0.1, -0.05) is 29.8 Å². The zero-order valence-electron chi connectivity index (χ0n) is 29.5. The lowest BCUT2D eigenvalue weighted by atomic mass is 9.96. The van der Waals surface area contributed by atoms with Crippen molar-refractivity contribution < 1.29 is 48.2 Å². The smallest absolute Gasteiger partial charge is 0.222 e. The Morgan fingerprint density at radius 2 is 1.81 bits per heavy atom. The summed E-state index contributed by atoms with van der Waals surface area (Å²) in [6.07, 6.45) is 0.971. The van der Waals surface area contributed by atoms with Gasteiger partial charge >= 0.3 is 0 Å². The Bertz CT molecular complexity index is 1790. The van der Waals surface area contributed by atoms with Gasteiger partial charge < -0.3 is 39.9 Å². The number of aliphatic hydroxyl groups is 5. The predicted octanol–water partition coefficient (Wildman–Crippen LogP) is 2.84. The highest BCUT2D eigenvalue weighted by molar-refractivity contribution is 7.99. The van der Waals surface area contributed by atoms with Crippen LogP contribution in [0.15, 0.2) is 65.8 Å². The maximum atomic E-state index is 13.2. The van der Waals surface area contributed by atoms with Crippen molar-refractivity contribution in [3.05, 3.63) is 77.1 Å². The summed E-state index contributed by atoms with van der Waals surface area (Å²) in [5.41, 5.74) is 3.38. The van der Waals surface area contributed by atoms with Crippen LogP contribution in [0.5, 0.6) is 5.75 Å². The Morgan fingerprint density at radius 1 is 1.08 bits per heavy atom. The number of carbonyl (C=O) groups is 1. The molecule has 13 nitrogen and oxygen atoms in total. The third-order valence-electron chi connectivity index (χ3n) is 9.36. The summed E-state index contributed by atoms with van der Waals surface area (Å²) in [7, 11) is -2.45. The van der Waals surface area contributed by atoms with E-state index in [2.05, 4.69) is 15.8 Å². The predicted molar refractivity (Wildman–Crippen MR) is 201 cm³/mol. The molecule has 0 radical (unpaired) electrons. The van der Waals surface area contributed by atoms with Crippen molar-refractivity contribution in [2.75, 3.05) is 38.2 Å². The maximum absolute atomic E-state index is 13.2. The average molecular weight is 794 g/mol. The van der Waals surface area contributed by atoms with E-state index < -0.39 is 64.9 Å². The third-order valence-corrected chi connectivity index (χ3v) is 12.2. The second-order valence-corrected chi connectivity index (χ2v) is 17.0. The lowest BCUT2D eigenvalue weighted by molar-refractivity contribution is -0.139. The number of hydrogen-bond donors (Lipinski definition) is 6.